The largest absolute Gasteiger partial charge is 0.493 e. The number of anilines is 1. The third-order valence-corrected chi connectivity index (χ3v) is 6.01. The van der Waals surface area contributed by atoms with Crippen molar-refractivity contribution in [3.05, 3.63) is 39.8 Å². The summed E-state index contributed by atoms with van der Waals surface area (Å²) in [5.74, 6) is 0.379. The summed E-state index contributed by atoms with van der Waals surface area (Å²) in [6.45, 7) is 1.88. The maximum Gasteiger partial charge on any atom is 0.341 e. The summed E-state index contributed by atoms with van der Waals surface area (Å²) in [6.07, 6.45) is 3.36. The maximum atomic E-state index is 12.5. The van der Waals surface area contributed by atoms with E-state index < -0.39 is 11.9 Å². The van der Waals surface area contributed by atoms with Gasteiger partial charge in [0.1, 0.15) is 11.3 Å². The molecule has 1 aliphatic rings. The van der Waals surface area contributed by atoms with E-state index in [1.807, 2.05) is 0 Å². The SMILES string of the molecule is COC(=O)c1c(NC(=O)COc2cc(C=O)ccc2OC)sc2c1CC[C@H](C)C2. The van der Waals surface area contributed by atoms with Crippen LogP contribution < -0.4 is 14.8 Å². The minimum atomic E-state index is -0.450. The van der Waals surface area contributed by atoms with Crippen LogP contribution in [0.25, 0.3) is 0 Å². The van der Waals surface area contributed by atoms with Crippen molar-refractivity contribution in [1.82, 2.24) is 0 Å². The van der Waals surface area contributed by atoms with E-state index in [4.69, 9.17) is 14.2 Å². The zero-order valence-corrected chi connectivity index (χ0v) is 17.4. The minimum Gasteiger partial charge on any atom is -0.493 e. The first-order valence-corrected chi connectivity index (χ1v) is 10.1. The Balaban J connectivity index is 1.76. The fourth-order valence-electron chi connectivity index (χ4n) is 3.34. The van der Waals surface area contributed by atoms with Gasteiger partial charge in [-0.15, -0.1) is 11.3 Å². The first-order valence-electron chi connectivity index (χ1n) is 9.25. The van der Waals surface area contributed by atoms with Crippen LogP contribution in [0.5, 0.6) is 11.5 Å². The molecule has 1 heterocycles. The molecular formula is C21H23NO6S. The molecule has 154 valence electrons. The van der Waals surface area contributed by atoms with E-state index in [0.717, 1.165) is 29.7 Å². The average molecular weight is 417 g/mol. The lowest BCUT2D eigenvalue weighted by molar-refractivity contribution is -0.118. The molecule has 1 aliphatic carbocycles. The van der Waals surface area contributed by atoms with Crippen LogP contribution in [0.2, 0.25) is 0 Å². The number of aldehydes is 1. The minimum absolute atomic E-state index is 0.291. The third kappa shape index (κ3) is 4.59. The second-order valence-electron chi connectivity index (χ2n) is 6.91. The Hall–Kier alpha value is -2.87. The van der Waals surface area contributed by atoms with Crippen LogP contribution in [-0.2, 0) is 22.4 Å². The Morgan fingerprint density at radius 1 is 1.28 bits per heavy atom. The molecule has 0 spiro atoms. The van der Waals surface area contributed by atoms with Gasteiger partial charge in [-0.3, -0.25) is 9.59 Å². The molecule has 0 saturated heterocycles. The summed E-state index contributed by atoms with van der Waals surface area (Å²) in [5, 5.41) is 3.26. The van der Waals surface area contributed by atoms with E-state index in [1.165, 1.54) is 31.6 Å². The van der Waals surface area contributed by atoms with Gasteiger partial charge in [0, 0.05) is 10.4 Å². The van der Waals surface area contributed by atoms with Crippen LogP contribution in [0, 0.1) is 5.92 Å². The molecule has 0 saturated carbocycles. The van der Waals surface area contributed by atoms with E-state index in [1.54, 1.807) is 12.1 Å². The number of nitrogens with one attached hydrogen (secondary N) is 1. The lowest BCUT2D eigenvalue weighted by Gasteiger charge is -2.18. The predicted molar refractivity (Wildman–Crippen MR) is 109 cm³/mol. The molecule has 7 nitrogen and oxygen atoms in total. The molecule has 1 N–H and O–H groups in total. The highest BCUT2D eigenvalue weighted by Gasteiger charge is 2.29. The van der Waals surface area contributed by atoms with Crippen LogP contribution in [-0.4, -0.2) is 39.0 Å². The summed E-state index contributed by atoms with van der Waals surface area (Å²) in [6, 6.07) is 4.70. The molecule has 1 atom stereocenters. The highest BCUT2D eigenvalue weighted by atomic mass is 32.1. The fraction of sp³-hybridized carbons (Fsp3) is 0.381. The number of thiophene rings is 1. The smallest absolute Gasteiger partial charge is 0.341 e. The van der Waals surface area contributed by atoms with Gasteiger partial charge in [0.15, 0.2) is 18.1 Å². The number of amides is 1. The van der Waals surface area contributed by atoms with Crippen molar-refractivity contribution in [2.24, 2.45) is 5.92 Å². The van der Waals surface area contributed by atoms with Gasteiger partial charge in [-0.2, -0.15) is 0 Å². The van der Waals surface area contributed by atoms with Crippen molar-refractivity contribution in [2.45, 2.75) is 26.2 Å². The van der Waals surface area contributed by atoms with Crippen molar-refractivity contribution < 1.29 is 28.6 Å². The molecule has 29 heavy (non-hydrogen) atoms. The normalized spacial score (nSPS) is 15.2. The predicted octanol–water partition coefficient (Wildman–Crippen LogP) is 3.50. The molecule has 0 bridgehead atoms. The first-order chi connectivity index (χ1) is 14.0. The molecule has 0 fully saturated rings. The highest BCUT2D eigenvalue weighted by Crippen LogP contribution is 2.40. The molecule has 8 heteroatoms. The molecule has 1 amide bonds. The third-order valence-electron chi connectivity index (χ3n) is 4.84. The van der Waals surface area contributed by atoms with Crippen molar-refractivity contribution in [3.8, 4) is 11.5 Å². The Bertz CT molecular complexity index is 935. The number of hydrogen-bond acceptors (Lipinski definition) is 7. The van der Waals surface area contributed by atoms with Crippen LogP contribution in [0.1, 0.15) is 44.5 Å². The number of fused-ring (bicyclic) bond motifs is 1. The van der Waals surface area contributed by atoms with Crippen molar-refractivity contribution >= 4 is 34.5 Å². The number of hydrogen-bond donors (Lipinski definition) is 1. The van der Waals surface area contributed by atoms with Gasteiger partial charge in [-0.25, -0.2) is 4.79 Å². The monoisotopic (exact) mass is 417 g/mol. The fourth-order valence-corrected chi connectivity index (χ4v) is 4.76. The van der Waals surface area contributed by atoms with Gasteiger partial charge in [-0.05, 0) is 48.9 Å². The molecule has 0 unspecified atom stereocenters. The topological polar surface area (TPSA) is 90.9 Å². The average Bonchev–Trinajstić information content (AvgIpc) is 3.07. The van der Waals surface area contributed by atoms with Gasteiger partial charge in [-0.1, -0.05) is 6.92 Å². The number of rotatable bonds is 7. The van der Waals surface area contributed by atoms with Crippen LogP contribution in [0.4, 0.5) is 5.00 Å². The maximum absolute atomic E-state index is 12.5. The zero-order valence-electron chi connectivity index (χ0n) is 16.6. The summed E-state index contributed by atoms with van der Waals surface area (Å²) >= 11 is 1.41. The second kappa shape index (κ2) is 9.09. The van der Waals surface area contributed by atoms with E-state index in [2.05, 4.69) is 12.2 Å². The van der Waals surface area contributed by atoms with Gasteiger partial charge in [0.05, 0.1) is 19.8 Å². The van der Waals surface area contributed by atoms with Crippen molar-refractivity contribution in [2.75, 3.05) is 26.1 Å². The van der Waals surface area contributed by atoms with Gasteiger partial charge in [0.25, 0.3) is 5.91 Å². The summed E-state index contributed by atoms with van der Waals surface area (Å²) in [4.78, 5) is 36.9. The summed E-state index contributed by atoms with van der Waals surface area (Å²) in [5.41, 5.74) is 1.82. The Morgan fingerprint density at radius 2 is 2.07 bits per heavy atom. The first kappa shape index (κ1) is 20.9. The number of methoxy groups -OCH3 is 2. The quantitative estimate of drug-likeness (QED) is 0.548. The molecule has 3 rings (SSSR count). The van der Waals surface area contributed by atoms with Crippen molar-refractivity contribution in [3.63, 3.8) is 0 Å². The van der Waals surface area contributed by atoms with E-state index >= 15 is 0 Å². The van der Waals surface area contributed by atoms with Crippen LogP contribution >= 0.6 is 11.3 Å². The van der Waals surface area contributed by atoms with E-state index in [0.29, 0.717) is 39.8 Å². The Kier molecular flexibility index (Phi) is 6.53. The highest BCUT2D eigenvalue weighted by molar-refractivity contribution is 7.17. The summed E-state index contributed by atoms with van der Waals surface area (Å²) in [7, 11) is 2.81. The van der Waals surface area contributed by atoms with Gasteiger partial charge < -0.3 is 19.5 Å². The van der Waals surface area contributed by atoms with Crippen LogP contribution in [0.15, 0.2) is 18.2 Å². The molecular weight excluding hydrogens is 394 g/mol. The Morgan fingerprint density at radius 3 is 2.76 bits per heavy atom. The summed E-state index contributed by atoms with van der Waals surface area (Å²) < 4.78 is 15.7. The lowest BCUT2D eigenvalue weighted by atomic mass is 9.88. The molecule has 0 radical (unpaired) electrons. The van der Waals surface area contributed by atoms with Gasteiger partial charge in [0.2, 0.25) is 0 Å². The number of esters is 1. The number of benzene rings is 1. The number of carbonyl (C=O) groups is 3. The van der Waals surface area contributed by atoms with E-state index in [-0.39, 0.29) is 6.61 Å². The van der Waals surface area contributed by atoms with E-state index in [9.17, 15) is 14.4 Å². The number of ether oxygens (including phenoxy) is 3. The zero-order chi connectivity index (χ0) is 21.0. The van der Waals surface area contributed by atoms with Crippen LogP contribution in [0.3, 0.4) is 0 Å². The van der Waals surface area contributed by atoms with Gasteiger partial charge >= 0.3 is 5.97 Å². The second-order valence-corrected chi connectivity index (χ2v) is 8.02. The molecule has 0 aliphatic heterocycles. The van der Waals surface area contributed by atoms with Crippen molar-refractivity contribution in [1.29, 1.82) is 0 Å². The Labute approximate surface area is 173 Å². The molecule has 2 aromatic rings. The lowest BCUT2D eigenvalue weighted by Crippen LogP contribution is -2.21. The standard InChI is InChI=1S/C21H23NO6S/c1-12-4-6-14-17(8-12)29-20(19(14)21(25)27-3)22-18(24)11-28-16-9-13(10-23)5-7-15(16)26-2/h5,7,9-10,12H,4,6,8,11H2,1-3H3,(H,22,24)/t12-/m0/s1. The molecule has 1 aromatic heterocycles. The molecule has 1 aromatic carbocycles. The number of carbonyl (C=O) groups excluding carboxylic acids is 3.